The fraction of sp³-hybridized carbons (Fsp3) is 0.571. The molecular formula is C14H19NO4S. The van der Waals surface area contributed by atoms with Gasteiger partial charge in [-0.3, -0.25) is 4.79 Å². The zero-order valence-corrected chi connectivity index (χ0v) is 12.3. The van der Waals surface area contributed by atoms with Crippen molar-refractivity contribution < 1.29 is 19.4 Å². The van der Waals surface area contributed by atoms with Gasteiger partial charge in [0.05, 0.1) is 11.5 Å². The van der Waals surface area contributed by atoms with Gasteiger partial charge < -0.3 is 15.2 Å². The second kappa shape index (κ2) is 6.37. The number of hydrogen-bond donors (Lipinski definition) is 2. The first-order chi connectivity index (χ1) is 9.59. The van der Waals surface area contributed by atoms with Crippen LogP contribution in [0.3, 0.4) is 0 Å². The van der Waals surface area contributed by atoms with Crippen molar-refractivity contribution in [2.24, 2.45) is 0 Å². The molecule has 1 saturated carbocycles. The number of amides is 1. The molecule has 5 nitrogen and oxygen atoms in total. The zero-order valence-electron chi connectivity index (χ0n) is 11.5. The Bertz CT molecular complexity index is 491. The first-order valence-electron chi connectivity index (χ1n) is 6.70. The van der Waals surface area contributed by atoms with Gasteiger partial charge in [0.1, 0.15) is 5.54 Å². The van der Waals surface area contributed by atoms with Crippen LogP contribution in [0.4, 0.5) is 0 Å². The number of thiophene rings is 1. The third-order valence-corrected chi connectivity index (χ3v) is 4.68. The third kappa shape index (κ3) is 3.02. The van der Waals surface area contributed by atoms with Crippen LogP contribution in [0.5, 0.6) is 0 Å². The molecule has 1 aromatic rings. The Morgan fingerprint density at radius 2 is 2.10 bits per heavy atom. The highest BCUT2D eigenvalue weighted by atomic mass is 32.1. The number of nitrogens with one attached hydrogen (secondary N) is 1. The van der Waals surface area contributed by atoms with Crippen molar-refractivity contribution in [3.8, 4) is 0 Å². The maximum absolute atomic E-state index is 12.4. The van der Waals surface area contributed by atoms with Crippen LogP contribution in [0.1, 0.15) is 47.3 Å². The van der Waals surface area contributed by atoms with Gasteiger partial charge in [-0.25, -0.2) is 4.79 Å². The van der Waals surface area contributed by atoms with E-state index in [0.717, 1.165) is 24.8 Å². The average molecular weight is 297 g/mol. The number of carboxylic acid groups (broad SMARTS) is 1. The minimum atomic E-state index is -1.11. The molecule has 110 valence electrons. The molecule has 1 heterocycles. The quantitative estimate of drug-likeness (QED) is 0.875. The Labute approximate surface area is 121 Å². The van der Waals surface area contributed by atoms with E-state index in [1.807, 2.05) is 11.4 Å². The summed E-state index contributed by atoms with van der Waals surface area (Å²) < 4.78 is 5.05. The van der Waals surface area contributed by atoms with Crippen LogP contribution in [-0.4, -0.2) is 29.6 Å². The largest absolute Gasteiger partial charge is 0.480 e. The fourth-order valence-corrected chi connectivity index (χ4v) is 3.43. The van der Waals surface area contributed by atoms with Gasteiger partial charge in [-0.15, -0.1) is 11.3 Å². The number of aliphatic carboxylic acids is 1. The minimum Gasteiger partial charge on any atom is -0.480 e. The number of hydrogen-bond acceptors (Lipinski definition) is 4. The molecule has 1 amide bonds. The van der Waals surface area contributed by atoms with Crippen LogP contribution < -0.4 is 5.32 Å². The predicted molar refractivity (Wildman–Crippen MR) is 76.0 cm³/mol. The highest BCUT2D eigenvalue weighted by Gasteiger charge is 2.41. The lowest BCUT2D eigenvalue weighted by atomic mass is 9.81. The topological polar surface area (TPSA) is 75.6 Å². The van der Waals surface area contributed by atoms with E-state index in [-0.39, 0.29) is 5.91 Å². The van der Waals surface area contributed by atoms with Gasteiger partial charge in [0, 0.05) is 12.7 Å². The maximum atomic E-state index is 12.4. The SMILES string of the molecule is COCc1ccsc1C(=O)NC1(C(=O)O)CCCCC1. The minimum absolute atomic E-state index is 0.309. The highest BCUT2D eigenvalue weighted by molar-refractivity contribution is 7.12. The summed E-state index contributed by atoms with van der Waals surface area (Å²) in [6, 6.07) is 1.83. The highest BCUT2D eigenvalue weighted by Crippen LogP contribution is 2.29. The van der Waals surface area contributed by atoms with Crippen molar-refractivity contribution in [3.63, 3.8) is 0 Å². The van der Waals surface area contributed by atoms with Crippen molar-refractivity contribution >= 4 is 23.2 Å². The third-order valence-electron chi connectivity index (χ3n) is 3.72. The molecule has 0 atom stereocenters. The van der Waals surface area contributed by atoms with Crippen molar-refractivity contribution in [1.29, 1.82) is 0 Å². The summed E-state index contributed by atoms with van der Waals surface area (Å²) in [5.41, 5.74) is -0.310. The van der Waals surface area contributed by atoms with Crippen LogP contribution >= 0.6 is 11.3 Å². The molecule has 2 rings (SSSR count). The summed E-state index contributed by atoms with van der Waals surface area (Å²) in [6.45, 7) is 0.353. The van der Waals surface area contributed by atoms with E-state index in [1.165, 1.54) is 11.3 Å². The number of rotatable bonds is 5. The number of methoxy groups -OCH3 is 1. The van der Waals surface area contributed by atoms with Gasteiger partial charge in [-0.1, -0.05) is 19.3 Å². The zero-order chi connectivity index (χ0) is 14.6. The number of ether oxygens (including phenoxy) is 1. The molecule has 0 aliphatic heterocycles. The summed E-state index contributed by atoms with van der Waals surface area (Å²) in [5, 5.41) is 14.0. The average Bonchev–Trinajstić information content (AvgIpc) is 2.88. The molecule has 2 N–H and O–H groups in total. The summed E-state index contributed by atoms with van der Waals surface area (Å²) in [4.78, 5) is 24.5. The summed E-state index contributed by atoms with van der Waals surface area (Å²) >= 11 is 1.31. The smallest absolute Gasteiger partial charge is 0.329 e. The molecule has 6 heteroatoms. The molecule has 0 saturated heterocycles. The lowest BCUT2D eigenvalue weighted by Gasteiger charge is -2.33. The van der Waals surface area contributed by atoms with E-state index < -0.39 is 11.5 Å². The standard InChI is InChI=1S/C14H19NO4S/c1-19-9-10-5-8-20-11(10)12(16)15-14(13(17)18)6-3-2-4-7-14/h5,8H,2-4,6-7,9H2,1H3,(H,15,16)(H,17,18). The van der Waals surface area contributed by atoms with E-state index in [1.54, 1.807) is 7.11 Å². The molecule has 0 spiro atoms. The number of carbonyl (C=O) groups excluding carboxylic acids is 1. The second-order valence-electron chi connectivity index (χ2n) is 5.11. The van der Waals surface area contributed by atoms with Crippen molar-refractivity contribution in [2.75, 3.05) is 7.11 Å². The summed E-state index contributed by atoms with van der Waals surface area (Å²) in [6.07, 6.45) is 3.70. The van der Waals surface area contributed by atoms with Crippen LogP contribution in [-0.2, 0) is 16.1 Å². The number of carboxylic acids is 1. The van der Waals surface area contributed by atoms with Crippen LogP contribution in [0.2, 0.25) is 0 Å². The lowest BCUT2D eigenvalue weighted by molar-refractivity contribution is -0.145. The molecule has 0 radical (unpaired) electrons. The Morgan fingerprint density at radius 3 is 2.70 bits per heavy atom. The maximum Gasteiger partial charge on any atom is 0.329 e. The Kier molecular flexibility index (Phi) is 4.77. The van der Waals surface area contributed by atoms with Crippen LogP contribution in [0.25, 0.3) is 0 Å². The molecule has 1 aliphatic rings. The van der Waals surface area contributed by atoms with E-state index >= 15 is 0 Å². The van der Waals surface area contributed by atoms with Gasteiger partial charge in [0.15, 0.2) is 0 Å². The van der Waals surface area contributed by atoms with Crippen LogP contribution in [0, 0.1) is 0 Å². The molecule has 0 aromatic carbocycles. The van der Waals surface area contributed by atoms with E-state index in [0.29, 0.717) is 24.3 Å². The molecule has 1 aliphatic carbocycles. The van der Waals surface area contributed by atoms with Crippen molar-refractivity contribution in [1.82, 2.24) is 5.32 Å². The van der Waals surface area contributed by atoms with Crippen molar-refractivity contribution in [2.45, 2.75) is 44.2 Å². The lowest BCUT2D eigenvalue weighted by Crippen LogP contribution is -2.55. The molecule has 0 bridgehead atoms. The first-order valence-corrected chi connectivity index (χ1v) is 7.58. The first kappa shape index (κ1) is 15.0. The fourth-order valence-electron chi connectivity index (χ4n) is 2.63. The van der Waals surface area contributed by atoms with E-state index in [2.05, 4.69) is 5.32 Å². The Hall–Kier alpha value is -1.40. The second-order valence-corrected chi connectivity index (χ2v) is 6.03. The van der Waals surface area contributed by atoms with E-state index in [4.69, 9.17) is 4.74 Å². The summed E-state index contributed by atoms with van der Waals surface area (Å²) in [5.74, 6) is -1.24. The van der Waals surface area contributed by atoms with Crippen LogP contribution in [0.15, 0.2) is 11.4 Å². The molecule has 1 fully saturated rings. The number of carbonyl (C=O) groups is 2. The van der Waals surface area contributed by atoms with Gasteiger partial charge in [0.25, 0.3) is 5.91 Å². The Balaban J connectivity index is 2.16. The molecule has 1 aromatic heterocycles. The molecule has 0 unspecified atom stereocenters. The van der Waals surface area contributed by atoms with Gasteiger partial charge >= 0.3 is 5.97 Å². The molecule has 20 heavy (non-hydrogen) atoms. The van der Waals surface area contributed by atoms with Gasteiger partial charge in [0.2, 0.25) is 0 Å². The van der Waals surface area contributed by atoms with Crippen molar-refractivity contribution in [3.05, 3.63) is 21.9 Å². The normalized spacial score (nSPS) is 17.6. The monoisotopic (exact) mass is 297 g/mol. The Morgan fingerprint density at radius 1 is 1.40 bits per heavy atom. The van der Waals surface area contributed by atoms with Gasteiger partial charge in [-0.05, 0) is 24.3 Å². The van der Waals surface area contributed by atoms with Gasteiger partial charge in [-0.2, -0.15) is 0 Å². The predicted octanol–water partition coefficient (Wildman–Crippen LogP) is 2.41. The summed E-state index contributed by atoms with van der Waals surface area (Å²) in [7, 11) is 1.57. The van der Waals surface area contributed by atoms with E-state index in [9.17, 15) is 14.7 Å². The molecular weight excluding hydrogens is 278 g/mol.